The standard InChI is InChI=1S/C20H20F18N2O2/c1-11(2)4-8(40-10(42)14(23,24)16(27,28)18(31,32)20(36,37)38)5-12(3,6-11)7-39-9(41)13(21,22)15(25,26)17(29,30)19(33,34)35/h8H,4-7H2,1-3H3,(H,39,41)(H,40,42). The Hall–Kier alpha value is -2.32. The third kappa shape index (κ3) is 6.30. The van der Waals surface area contributed by atoms with Crippen LogP contribution in [-0.2, 0) is 9.59 Å². The van der Waals surface area contributed by atoms with Crippen molar-refractivity contribution in [1.82, 2.24) is 10.6 Å². The van der Waals surface area contributed by atoms with Gasteiger partial charge >= 0.3 is 47.9 Å². The number of nitrogens with one attached hydrogen (secondary N) is 2. The zero-order chi connectivity index (χ0) is 34.0. The lowest BCUT2D eigenvalue weighted by molar-refractivity contribution is -0.388. The van der Waals surface area contributed by atoms with Crippen LogP contribution in [0.2, 0.25) is 0 Å². The van der Waals surface area contributed by atoms with Gasteiger partial charge in [0, 0.05) is 12.6 Å². The summed E-state index contributed by atoms with van der Waals surface area (Å²) in [6.07, 6.45) is -16.3. The average Bonchev–Trinajstić information content (AvgIpc) is 2.73. The van der Waals surface area contributed by atoms with Crippen LogP contribution in [0.5, 0.6) is 0 Å². The van der Waals surface area contributed by atoms with Gasteiger partial charge in [-0.1, -0.05) is 20.8 Å². The lowest BCUT2D eigenvalue weighted by Gasteiger charge is -2.47. The molecule has 42 heavy (non-hydrogen) atoms. The number of alkyl halides is 18. The Labute approximate surface area is 223 Å². The van der Waals surface area contributed by atoms with Crippen molar-refractivity contribution < 1.29 is 88.6 Å². The highest BCUT2D eigenvalue weighted by Crippen LogP contribution is 2.55. The van der Waals surface area contributed by atoms with Gasteiger partial charge in [-0.2, -0.15) is 79.0 Å². The molecule has 2 N–H and O–H groups in total. The summed E-state index contributed by atoms with van der Waals surface area (Å²) in [5, 5.41) is 2.09. The molecule has 0 aromatic carbocycles. The molecule has 22 heteroatoms. The van der Waals surface area contributed by atoms with Crippen LogP contribution in [0.1, 0.15) is 40.0 Å². The molecule has 2 amide bonds. The van der Waals surface area contributed by atoms with Crippen LogP contribution >= 0.6 is 0 Å². The van der Waals surface area contributed by atoms with E-state index >= 15 is 0 Å². The predicted molar refractivity (Wildman–Crippen MR) is 102 cm³/mol. The monoisotopic (exact) mass is 662 g/mol. The van der Waals surface area contributed by atoms with Gasteiger partial charge in [-0.15, -0.1) is 0 Å². The molecule has 2 atom stereocenters. The second-order valence-corrected chi connectivity index (χ2v) is 10.9. The molecule has 0 spiro atoms. The van der Waals surface area contributed by atoms with E-state index in [0.717, 1.165) is 17.6 Å². The van der Waals surface area contributed by atoms with E-state index in [-0.39, 0.29) is 6.42 Å². The van der Waals surface area contributed by atoms with Gasteiger partial charge in [0.1, 0.15) is 0 Å². The maximum Gasteiger partial charge on any atom is 0.460 e. The molecule has 1 saturated carbocycles. The minimum Gasteiger partial charge on any atom is -0.350 e. The second-order valence-electron chi connectivity index (χ2n) is 10.9. The summed E-state index contributed by atoms with van der Waals surface area (Å²) in [5.74, 6) is -49.6. The molecule has 0 saturated heterocycles. The first-order valence-corrected chi connectivity index (χ1v) is 11.0. The smallest absolute Gasteiger partial charge is 0.350 e. The fraction of sp³-hybridized carbons (Fsp3) is 0.900. The molecule has 1 aliphatic rings. The van der Waals surface area contributed by atoms with E-state index in [2.05, 4.69) is 0 Å². The first kappa shape index (κ1) is 37.7. The molecule has 0 heterocycles. The molecule has 0 radical (unpaired) electrons. The molecule has 248 valence electrons. The molecule has 1 rings (SSSR count). The fourth-order valence-corrected chi connectivity index (χ4v) is 4.59. The number of carbonyl (C=O) groups is 2. The maximum absolute atomic E-state index is 13.9. The highest BCUT2D eigenvalue weighted by atomic mass is 19.4. The van der Waals surface area contributed by atoms with Crippen molar-refractivity contribution in [3.63, 3.8) is 0 Å². The largest absolute Gasteiger partial charge is 0.460 e. The molecule has 0 bridgehead atoms. The summed E-state index contributed by atoms with van der Waals surface area (Å²) in [4.78, 5) is 23.5. The number of amides is 2. The molecule has 0 aromatic rings. The summed E-state index contributed by atoms with van der Waals surface area (Å²) in [7, 11) is 0. The van der Waals surface area contributed by atoms with E-state index in [1.165, 1.54) is 13.8 Å². The van der Waals surface area contributed by atoms with Gasteiger partial charge in [0.2, 0.25) is 0 Å². The number of rotatable bonds is 9. The van der Waals surface area contributed by atoms with E-state index in [9.17, 15) is 88.6 Å². The van der Waals surface area contributed by atoms with E-state index in [0.29, 0.717) is 0 Å². The lowest BCUT2D eigenvalue weighted by atomic mass is 9.62. The SMILES string of the molecule is CC1(C)CC(NC(=O)C(F)(F)C(F)(F)C(F)(F)C(F)(F)F)CC(C)(CNC(=O)C(F)(F)C(F)(F)C(F)(F)C(F)(F)F)C1. The van der Waals surface area contributed by atoms with Gasteiger partial charge in [-0.3, -0.25) is 9.59 Å². The summed E-state index contributed by atoms with van der Waals surface area (Å²) < 4.78 is 236. The van der Waals surface area contributed by atoms with Crippen molar-refractivity contribution >= 4 is 11.8 Å². The van der Waals surface area contributed by atoms with Crippen LogP contribution in [0.4, 0.5) is 79.0 Å². The van der Waals surface area contributed by atoms with Gasteiger partial charge in [-0.25, -0.2) is 0 Å². The Kier molecular flexibility index (Phi) is 9.33. The number of halogens is 18. The van der Waals surface area contributed by atoms with Crippen molar-refractivity contribution in [2.45, 2.75) is 94.0 Å². The predicted octanol–water partition coefficient (Wildman–Crippen LogP) is 6.74. The Morgan fingerprint density at radius 3 is 1.31 bits per heavy atom. The van der Waals surface area contributed by atoms with Crippen LogP contribution in [0.25, 0.3) is 0 Å². The molecular weight excluding hydrogens is 642 g/mol. The Morgan fingerprint density at radius 2 is 0.952 bits per heavy atom. The summed E-state index contributed by atoms with van der Waals surface area (Å²) in [6, 6.07) is -1.87. The number of hydrogen-bond acceptors (Lipinski definition) is 2. The van der Waals surface area contributed by atoms with E-state index in [1.54, 1.807) is 0 Å². The lowest BCUT2D eigenvalue weighted by Crippen LogP contribution is -2.66. The molecular formula is C20H20F18N2O2. The van der Waals surface area contributed by atoms with Crippen LogP contribution in [0.15, 0.2) is 0 Å². The van der Waals surface area contributed by atoms with Crippen LogP contribution < -0.4 is 10.6 Å². The normalized spacial score (nSPS) is 23.4. The van der Waals surface area contributed by atoms with Crippen molar-refractivity contribution in [3.05, 3.63) is 0 Å². The van der Waals surface area contributed by atoms with E-state index in [1.807, 2.05) is 0 Å². The number of hydrogen-bond donors (Lipinski definition) is 2. The summed E-state index contributed by atoms with van der Waals surface area (Å²) >= 11 is 0. The fourth-order valence-electron chi connectivity index (χ4n) is 4.59. The second kappa shape index (κ2) is 10.4. The average molecular weight is 662 g/mol. The summed E-state index contributed by atoms with van der Waals surface area (Å²) in [5.41, 5.74) is -3.17. The zero-order valence-electron chi connectivity index (χ0n) is 21.0. The van der Waals surface area contributed by atoms with Gasteiger partial charge < -0.3 is 10.6 Å². The van der Waals surface area contributed by atoms with Gasteiger partial charge in [0.15, 0.2) is 0 Å². The molecule has 0 aliphatic heterocycles. The molecule has 1 aliphatic carbocycles. The number of carbonyl (C=O) groups excluding carboxylic acids is 2. The third-order valence-corrected chi connectivity index (χ3v) is 6.31. The van der Waals surface area contributed by atoms with E-state index < -0.39 is 96.0 Å². The van der Waals surface area contributed by atoms with Crippen molar-refractivity contribution in [1.29, 1.82) is 0 Å². The van der Waals surface area contributed by atoms with Crippen molar-refractivity contribution in [2.24, 2.45) is 10.8 Å². The van der Waals surface area contributed by atoms with Crippen LogP contribution in [0, 0.1) is 10.8 Å². The Balaban J connectivity index is 3.21. The van der Waals surface area contributed by atoms with Gasteiger partial charge in [0.25, 0.3) is 11.8 Å². The minimum atomic E-state index is -7.41. The van der Waals surface area contributed by atoms with Gasteiger partial charge in [0.05, 0.1) is 0 Å². The third-order valence-electron chi connectivity index (χ3n) is 6.31. The topological polar surface area (TPSA) is 58.2 Å². The molecule has 2 unspecified atom stereocenters. The first-order chi connectivity index (χ1) is 18.0. The highest BCUT2D eigenvalue weighted by molar-refractivity contribution is 5.85. The Bertz CT molecular complexity index is 1030. The minimum absolute atomic E-state index is 0.355. The quantitative estimate of drug-likeness (QED) is 0.269. The molecule has 4 nitrogen and oxygen atoms in total. The summed E-state index contributed by atoms with van der Waals surface area (Å²) in [6.45, 7) is 2.02. The molecule has 0 aromatic heterocycles. The van der Waals surface area contributed by atoms with Gasteiger partial charge in [-0.05, 0) is 30.1 Å². The van der Waals surface area contributed by atoms with Crippen molar-refractivity contribution in [2.75, 3.05) is 6.54 Å². The van der Waals surface area contributed by atoms with Crippen LogP contribution in [-0.4, -0.2) is 72.3 Å². The first-order valence-electron chi connectivity index (χ1n) is 11.0. The van der Waals surface area contributed by atoms with E-state index in [4.69, 9.17) is 0 Å². The highest BCUT2D eigenvalue weighted by Gasteiger charge is 2.85. The zero-order valence-corrected chi connectivity index (χ0v) is 21.0. The maximum atomic E-state index is 13.9. The van der Waals surface area contributed by atoms with Crippen molar-refractivity contribution in [3.8, 4) is 0 Å². The Morgan fingerprint density at radius 1 is 0.595 bits per heavy atom. The molecule has 1 fully saturated rings. The van der Waals surface area contributed by atoms with Crippen LogP contribution in [0.3, 0.4) is 0 Å².